The maximum absolute atomic E-state index is 6.93. The van der Waals surface area contributed by atoms with Gasteiger partial charge in [0.05, 0.1) is 0 Å². The maximum Gasteiger partial charge on any atom is 0.0233 e. The Bertz CT molecular complexity index is 166. The zero-order valence-corrected chi connectivity index (χ0v) is 13.6. The molecule has 18 heavy (non-hydrogen) atoms. The summed E-state index contributed by atoms with van der Waals surface area (Å²) in [6, 6.07) is 0. The summed E-state index contributed by atoms with van der Waals surface area (Å²) in [5.41, 5.74) is 0. The molecule has 0 N–H and O–H groups in total. The van der Waals surface area contributed by atoms with Crippen LogP contribution in [0.1, 0.15) is 116 Å². The Hall–Kier alpha value is 0. The number of unbranched alkanes of at least 4 members (excludes halogenated alkanes) is 1. The molecule has 2 atom stereocenters. The summed E-state index contributed by atoms with van der Waals surface area (Å²) < 4.78 is 40.4. The number of hydrogen-bond donors (Lipinski definition) is 0. The lowest BCUT2D eigenvalue weighted by Gasteiger charge is -1.95. The van der Waals surface area contributed by atoms with Gasteiger partial charge in [0.2, 0.25) is 0 Å². The molecule has 0 saturated heterocycles. The molecule has 0 amide bonds. The van der Waals surface area contributed by atoms with E-state index in [1.54, 1.807) is 0 Å². The molecule has 0 aliphatic carbocycles. The molecule has 0 radical (unpaired) electrons. The average Bonchev–Trinajstić information content (AvgIpc) is 2.61. The minimum absolute atomic E-state index is 0.428. The van der Waals surface area contributed by atoms with Crippen molar-refractivity contribution in [1.29, 1.82) is 0 Å². The van der Waals surface area contributed by atoms with Gasteiger partial charge in [-0.15, -0.1) is 0 Å². The summed E-state index contributed by atoms with van der Waals surface area (Å²) in [6.45, 7) is 11.3. The first-order valence-corrected chi connectivity index (χ1v) is 7.20. The van der Waals surface area contributed by atoms with Gasteiger partial charge >= 0.3 is 0 Å². The highest BCUT2D eigenvalue weighted by atomic mass is 13.9. The molecule has 0 aromatic carbocycles. The highest BCUT2D eigenvalue weighted by Gasteiger charge is 1.85. The van der Waals surface area contributed by atoms with E-state index in [-0.39, 0.29) is 0 Å². The molecule has 0 spiro atoms. The summed E-state index contributed by atoms with van der Waals surface area (Å²) in [5.74, 6) is 0.929. The molecule has 0 aliphatic rings. The second kappa shape index (κ2) is 30.2. The summed E-state index contributed by atoms with van der Waals surface area (Å²) in [4.78, 5) is 0. The average molecular weight is 267 g/mol. The normalized spacial score (nSPS) is 16.0. The molecule has 0 bridgehead atoms. The van der Waals surface area contributed by atoms with Gasteiger partial charge in [0.15, 0.2) is 0 Å². The fourth-order valence-electron chi connectivity index (χ4n) is 0.348. The number of hydrogen-bond acceptors (Lipinski definition) is 0. The Kier molecular flexibility index (Phi) is 21.8. The molecule has 0 aliphatic heterocycles. The van der Waals surface area contributed by atoms with Crippen LogP contribution in [0.3, 0.4) is 0 Å². The summed E-state index contributed by atoms with van der Waals surface area (Å²) in [6.07, 6.45) is 6.08. The van der Waals surface area contributed by atoms with Gasteiger partial charge in [0.1, 0.15) is 0 Å². The van der Waals surface area contributed by atoms with Crippen molar-refractivity contribution in [2.75, 3.05) is 0 Å². The van der Waals surface area contributed by atoms with E-state index in [4.69, 9.17) is 8.22 Å². The summed E-state index contributed by atoms with van der Waals surface area (Å²) >= 11 is 0. The van der Waals surface area contributed by atoms with Crippen LogP contribution in [0.15, 0.2) is 0 Å². The van der Waals surface area contributed by atoms with Crippen molar-refractivity contribution in [2.45, 2.75) is 108 Å². The fraction of sp³-hybridized carbons (Fsp3) is 1.00. The van der Waals surface area contributed by atoms with Crippen molar-refractivity contribution >= 4 is 0 Å². The molecular formula is C18H44. The van der Waals surface area contributed by atoms with Crippen LogP contribution in [0.25, 0.3) is 0 Å². The van der Waals surface area contributed by atoms with Crippen LogP contribution in [0.2, 0.25) is 0 Å². The molecule has 0 aromatic heterocycles. The number of rotatable bonds is 4. The first kappa shape index (κ1) is 13.0. The van der Waals surface area contributed by atoms with Gasteiger partial charge in [-0.25, -0.2) is 0 Å². The Balaban J connectivity index is -0.000000115. The van der Waals surface area contributed by atoms with Gasteiger partial charge in [-0.05, 0) is 11.8 Å². The molecule has 0 heteroatoms. The zero-order valence-electron chi connectivity index (χ0n) is 19.6. The molecular weight excluding hydrogens is 216 g/mol. The van der Waals surface area contributed by atoms with Crippen molar-refractivity contribution in [1.82, 2.24) is 0 Å². The smallest absolute Gasteiger partial charge is 0.0233 e. The largest absolute Gasteiger partial charge is 0.0656 e. The summed E-state index contributed by atoms with van der Waals surface area (Å²) in [5, 5.41) is 0. The zero-order chi connectivity index (χ0) is 19.6. The van der Waals surface area contributed by atoms with Gasteiger partial charge in [0.25, 0.3) is 0 Å². The van der Waals surface area contributed by atoms with Crippen LogP contribution < -0.4 is 0 Å². The third-order valence-corrected chi connectivity index (χ3v) is 1.54. The Morgan fingerprint density at radius 1 is 0.778 bits per heavy atom. The van der Waals surface area contributed by atoms with Crippen LogP contribution in [0, 0.1) is 11.8 Å². The standard InChI is InChI=1S/C6H14.C5H12.C4H10.C3H8/c1-4-5-6(2)3;1-4-5(2)3;1-3-4-2;1-3-2/h6H,4-5H2,1-3H3;5H,4H2,1-3H3;3-4H2,1-2H3;3H2,1-2H3/i2*1D,2D;2*1D. The van der Waals surface area contributed by atoms with Gasteiger partial charge in [-0.3, -0.25) is 0 Å². The quantitative estimate of drug-likeness (QED) is 0.488. The maximum atomic E-state index is 6.93. The molecule has 0 fully saturated rings. The van der Waals surface area contributed by atoms with Crippen LogP contribution in [0.5, 0.6) is 0 Å². The van der Waals surface area contributed by atoms with Crippen LogP contribution in [-0.4, -0.2) is 0 Å². The van der Waals surface area contributed by atoms with Crippen LogP contribution >= 0.6 is 0 Å². The topological polar surface area (TPSA) is 0 Å². The monoisotopic (exact) mass is 266 g/mol. The van der Waals surface area contributed by atoms with Crippen molar-refractivity contribution in [3.63, 3.8) is 0 Å². The Morgan fingerprint density at radius 3 is 1.61 bits per heavy atom. The minimum atomic E-state index is 0.428. The molecule has 0 heterocycles. The third-order valence-electron chi connectivity index (χ3n) is 1.54. The lowest BCUT2D eigenvalue weighted by molar-refractivity contribution is 0.576. The lowest BCUT2D eigenvalue weighted by Crippen LogP contribution is -1.81. The predicted molar refractivity (Wildman–Crippen MR) is 91.4 cm³/mol. The predicted octanol–water partition coefficient (Wildman–Crippen LogP) is 7.72. The van der Waals surface area contributed by atoms with Crippen molar-refractivity contribution in [3.8, 4) is 0 Å². The Morgan fingerprint density at radius 2 is 1.39 bits per heavy atom. The first-order chi connectivity index (χ1) is 11.4. The third kappa shape index (κ3) is 100. The van der Waals surface area contributed by atoms with E-state index in [2.05, 4.69) is 13.8 Å². The van der Waals surface area contributed by atoms with Crippen molar-refractivity contribution < 1.29 is 8.22 Å². The van der Waals surface area contributed by atoms with E-state index in [1.165, 1.54) is 0 Å². The van der Waals surface area contributed by atoms with Gasteiger partial charge in [-0.1, -0.05) is 108 Å². The van der Waals surface area contributed by atoms with E-state index < -0.39 is 0 Å². The van der Waals surface area contributed by atoms with Gasteiger partial charge in [0, 0.05) is 8.22 Å². The summed E-state index contributed by atoms with van der Waals surface area (Å²) in [7, 11) is 0. The molecule has 0 saturated carbocycles. The van der Waals surface area contributed by atoms with Gasteiger partial charge < -0.3 is 0 Å². The molecule has 0 nitrogen and oxygen atoms in total. The second-order valence-electron chi connectivity index (χ2n) is 4.49. The first-order valence-electron chi connectivity index (χ1n) is 11.4. The minimum Gasteiger partial charge on any atom is -0.0656 e. The second-order valence-corrected chi connectivity index (χ2v) is 4.49. The van der Waals surface area contributed by atoms with Crippen molar-refractivity contribution in [2.24, 2.45) is 11.8 Å². The van der Waals surface area contributed by atoms with E-state index >= 15 is 0 Å². The lowest BCUT2D eigenvalue weighted by atomic mass is 10.1. The highest BCUT2D eigenvalue weighted by Crippen LogP contribution is 2.00. The van der Waals surface area contributed by atoms with E-state index in [0.29, 0.717) is 53.2 Å². The fourth-order valence-corrected chi connectivity index (χ4v) is 0.348. The SMILES string of the molecule is [2H]CCC.[2H]CCC(C)C[2H].[2H]CCCC.[2H]CCCC(C)C[2H]. The molecule has 0 rings (SSSR count). The van der Waals surface area contributed by atoms with E-state index in [9.17, 15) is 0 Å². The Labute approximate surface area is 128 Å². The van der Waals surface area contributed by atoms with Gasteiger partial charge in [-0.2, -0.15) is 0 Å². The molecule has 0 aromatic rings. The molecule has 2 unspecified atom stereocenters. The highest BCUT2D eigenvalue weighted by molar-refractivity contribution is 4.38. The van der Waals surface area contributed by atoms with Crippen LogP contribution in [-0.2, 0) is 0 Å². The molecule has 116 valence electrons. The van der Waals surface area contributed by atoms with E-state index in [0.717, 1.165) is 38.5 Å². The van der Waals surface area contributed by atoms with Crippen LogP contribution in [0.4, 0.5) is 0 Å². The van der Waals surface area contributed by atoms with E-state index in [1.807, 2.05) is 13.8 Å². The van der Waals surface area contributed by atoms with Crippen molar-refractivity contribution in [3.05, 3.63) is 0 Å².